The van der Waals surface area contributed by atoms with Crippen LogP contribution in [-0.4, -0.2) is 17.5 Å². The Hall–Kier alpha value is -2.50. The quantitative estimate of drug-likeness (QED) is 0.840. The Labute approximate surface area is 133 Å². The van der Waals surface area contributed by atoms with E-state index >= 15 is 0 Å². The fraction of sp³-hybridized carbons (Fsp3) is 0.294. The Morgan fingerprint density at radius 3 is 2.78 bits per heavy atom. The molecule has 0 fully saturated rings. The van der Waals surface area contributed by atoms with Gasteiger partial charge in [0.2, 0.25) is 5.91 Å². The number of anilines is 1. The van der Waals surface area contributed by atoms with Crippen molar-refractivity contribution in [1.29, 1.82) is 0 Å². The number of para-hydroxylation sites is 1. The summed E-state index contributed by atoms with van der Waals surface area (Å²) < 4.78 is 29.3. The SMILES string of the molecule is Cc1cccc(OC(F)F)c1NC(=O)CCCc1ccccn1. The fourth-order valence-corrected chi connectivity index (χ4v) is 2.17. The van der Waals surface area contributed by atoms with Crippen LogP contribution in [0.1, 0.15) is 24.1 Å². The van der Waals surface area contributed by atoms with Crippen LogP contribution in [0.15, 0.2) is 42.6 Å². The van der Waals surface area contributed by atoms with Crippen molar-refractivity contribution in [3.63, 3.8) is 0 Å². The highest BCUT2D eigenvalue weighted by atomic mass is 19.3. The summed E-state index contributed by atoms with van der Waals surface area (Å²) in [4.78, 5) is 16.2. The third kappa shape index (κ3) is 5.32. The summed E-state index contributed by atoms with van der Waals surface area (Å²) in [5.41, 5.74) is 1.87. The molecule has 1 heterocycles. The summed E-state index contributed by atoms with van der Waals surface area (Å²) in [7, 11) is 0. The summed E-state index contributed by atoms with van der Waals surface area (Å²) in [6.45, 7) is -1.21. The van der Waals surface area contributed by atoms with E-state index in [4.69, 9.17) is 0 Å². The first-order valence-corrected chi connectivity index (χ1v) is 7.30. The Morgan fingerprint density at radius 1 is 1.26 bits per heavy atom. The smallest absolute Gasteiger partial charge is 0.387 e. The van der Waals surface area contributed by atoms with Gasteiger partial charge in [-0.3, -0.25) is 9.78 Å². The van der Waals surface area contributed by atoms with Crippen LogP contribution in [0.3, 0.4) is 0 Å². The minimum absolute atomic E-state index is 0.0296. The lowest BCUT2D eigenvalue weighted by Crippen LogP contribution is -2.14. The number of carbonyl (C=O) groups excluding carboxylic acids is 1. The second kappa shape index (κ2) is 8.22. The average molecular weight is 320 g/mol. The Balaban J connectivity index is 1.92. The van der Waals surface area contributed by atoms with Gasteiger partial charge in [0.15, 0.2) is 0 Å². The number of hydrogen-bond donors (Lipinski definition) is 1. The van der Waals surface area contributed by atoms with Crippen LogP contribution in [0.5, 0.6) is 5.75 Å². The summed E-state index contributed by atoms with van der Waals surface area (Å²) in [5, 5.41) is 2.65. The van der Waals surface area contributed by atoms with E-state index in [0.717, 1.165) is 5.69 Å². The second-order valence-corrected chi connectivity index (χ2v) is 5.05. The maximum Gasteiger partial charge on any atom is 0.387 e. The van der Waals surface area contributed by atoms with Gasteiger partial charge in [0.25, 0.3) is 0 Å². The number of halogens is 2. The lowest BCUT2D eigenvalue weighted by Gasteiger charge is -2.14. The molecule has 122 valence electrons. The zero-order chi connectivity index (χ0) is 16.7. The molecule has 0 saturated carbocycles. The normalized spacial score (nSPS) is 10.6. The molecule has 0 radical (unpaired) electrons. The van der Waals surface area contributed by atoms with Gasteiger partial charge in [-0.25, -0.2) is 0 Å². The summed E-state index contributed by atoms with van der Waals surface area (Å²) in [6.07, 6.45) is 3.29. The van der Waals surface area contributed by atoms with Gasteiger partial charge in [0.05, 0.1) is 5.69 Å². The molecule has 6 heteroatoms. The van der Waals surface area contributed by atoms with Gasteiger partial charge in [-0.1, -0.05) is 18.2 Å². The van der Waals surface area contributed by atoms with Crippen LogP contribution in [0.2, 0.25) is 0 Å². The molecule has 0 bridgehead atoms. The van der Waals surface area contributed by atoms with Crippen molar-refractivity contribution in [3.8, 4) is 5.75 Å². The highest BCUT2D eigenvalue weighted by Crippen LogP contribution is 2.29. The lowest BCUT2D eigenvalue weighted by molar-refractivity contribution is -0.116. The Kier molecular flexibility index (Phi) is 6.02. The average Bonchev–Trinajstić information content (AvgIpc) is 2.51. The zero-order valence-corrected chi connectivity index (χ0v) is 12.8. The molecule has 0 aliphatic rings. The topological polar surface area (TPSA) is 51.2 Å². The van der Waals surface area contributed by atoms with Crippen LogP contribution in [0.25, 0.3) is 0 Å². The number of amides is 1. The van der Waals surface area contributed by atoms with Gasteiger partial charge in [-0.2, -0.15) is 8.78 Å². The van der Waals surface area contributed by atoms with Crippen molar-refractivity contribution in [2.45, 2.75) is 32.8 Å². The number of nitrogens with one attached hydrogen (secondary N) is 1. The van der Waals surface area contributed by atoms with Gasteiger partial charge >= 0.3 is 6.61 Å². The fourth-order valence-electron chi connectivity index (χ4n) is 2.17. The van der Waals surface area contributed by atoms with E-state index in [0.29, 0.717) is 18.4 Å². The predicted octanol–water partition coefficient (Wildman–Crippen LogP) is 3.95. The first-order chi connectivity index (χ1) is 11.1. The van der Waals surface area contributed by atoms with E-state index < -0.39 is 6.61 Å². The molecular weight excluding hydrogens is 302 g/mol. The highest BCUT2D eigenvalue weighted by molar-refractivity contribution is 5.93. The first kappa shape index (κ1) is 16.9. The number of carbonyl (C=O) groups is 1. The van der Waals surface area contributed by atoms with Crippen molar-refractivity contribution < 1.29 is 18.3 Å². The molecule has 0 atom stereocenters. The molecule has 0 aliphatic heterocycles. The van der Waals surface area contributed by atoms with Gasteiger partial charge < -0.3 is 10.1 Å². The van der Waals surface area contributed by atoms with Gasteiger partial charge in [-0.15, -0.1) is 0 Å². The molecule has 1 N–H and O–H groups in total. The predicted molar refractivity (Wildman–Crippen MR) is 83.6 cm³/mol. The molecule has 0 spiro atoms. The minimum Gasteiger partial charge on any atom is -0.433 e. The van der Waals surface area contributed by atoms with E-state index in [9.17, 15) is 13.6 Å². The van der Waals surface area contributed by atoms with E-state index in [1.165, 1.54) is 6.07 Å². The van der Waals surface area contributed by atoms with Crippen molar-refractivity contribution in [3.05, 3.63) is 53.9 Å². The Morgan fingerprint density at radius 2 is 2.09 bits per heavy atom. The first-order valence-electron chi connectivity index (χ1n) is 7.30. The number of benzene rings is 1. The maximum absolute atomic E-state index is 12.4. The number of hydrogen-bond acceptors (Lipinski definition) is 3. The van der Waals surface area contributed by atoms with E-state index in [1.54, 1.807) is 25.3 Å². The number of pyridine rings is 1. The third-order valence-corrected chi connectivity index (χ3v) is 3.28. The molecule has 4 nitrogen and oxygen atoms in total. The highest BCUT2D eigenvalue weighted by Gasteiger charge is 2.14. The van der Waals surface area contributed by atoms with E-state index in [1.807, 2.05) is 18.2 Å². The van der Waals surface area contributed by atoms with Gasteiger partial charge in [-0.05, 0) is 43.5 Å². The minimum atomic E-state index is -2.93. The van der Waals surface area contributed by atoms with Crippen molar-refractivity contribution in [2.75, 3.05) is 5.32 Å². The summed E-state index contributed by atoms with van der Waals surface area (Å²) >= 11 is 0. The Bertz CT molecular complexity index is 648. The number of ether oxygens (including phenoxy) is 1. The molecule has 2 rings (SSSR count). The van der Waals surface area contributed by atoms with Crippen LogP contribution in [-0.2, 0) is 11.2 Å². The molecule has 2 aromatic rings. The molecule has 1 amide bonds. The van der Waals surface area contributed by atoms with Crippen LogP contribution < -0.4 is 10.1 Å². The summed E-state index contributed by atoms with van der Waals surface area (Å²) in [5.74, 6) is -0.271. The third-order valence-electron chi connectivity index (χ3n) is 3.28. The van der Waals surface area contributed by atoms with Gasteiger partial charge in [0, 0.05) is 18.3 Å². The molecular formula is C17H18F2N2O2. The van der Waals surface area contributed by atoms with Crippen molar-refractivity contribution in [2.24, 2.45) is 0 Å². The van der Waals surface area contributed by atoms with Crippen LogP contribution >= 0.6 is 0 Å². The number of aryl methyl sites for hydroxylation is 2. The number of aromatic nitrogens is 1. The zero-order valence-electron chi connectivity index (χ0n) is 12.8. The molecule has 1 aromatic heterocycles. The van der Waals surface area contributed by atoms with E-state index in [2.05, 4.69) is 15.0 Å². The van der Waals surface area contributed by atoms with E-state index in [-0.39, 0.29) is 23.8 Å². The molecule has 0 aliphatic carbocycles. The number of nitrogens with zero attached hydrogens (tertiary/aromatic N) is 1. The lowest BCUT2D eigenvalue weighted by atomic mass is 10.1. The number of alkyl halides is 2. The van der Waals surface area contributed by atoms with Crippen LogP contribution in [0, 0.1) is 6.92 Å². The monoisotopic (exact) mass is 320 g/mol. The standard InChI is InChI=1S/C17H18F2N2O2/c1-12-6-4-9-14(23-17(18)19)16(12)21-15(22)10-5-8-13-7-2-3-11-20-13/h2-4,6-7,9,11,17H,5,8,10H2,1H3,(H,21,22). The number of rotatable bonds is 7. The second-order valence-electron chi connectivity index (χ2n) is 5.05. The molecule has 0 unspecified atom stereocenters. The van der Waals surface area contributed by atoms with Crippen LogP contribution in [0.4, 0.5) is 14.5 Å². The molecule has 0 saturated heterocycles. The molecule has 1 aromatic carbocycles. The maximum atomic E-state index is 12.4. The van der Waals surface area contributed by atoms with Crippen molar-refractivity contribution >= 4 is 11.6 Å². The van der Waals surface area contributed by atoms with Gasteiger partial charge in [0.1, 0.15) is 5.75 Å². The van der Waals surface area contributed by atoms with Crippen molar-refractivity contribution in [1.82, 2.24) is 4.98 Å². The molecule has 23 heavy (non-hydrogen) atoms. The largest absolute Gasteiger partial charge is 0.433 e. The summed E-state index contributed by atoms with van der Waals surface area (Å²) in [6, 6.07) is 10.4.